The Morgan fingerprint density at radius 2 is 1.90 bits per heavy atom. The Hall–Kier alpha value is -3.30. The second kappa shape index (κ2) is 10.9. The highest BCUT2D eigenvalue weighted by Crippen LogP contribution is 2.35. The van der Waals surface area contributed by atoms with Gasteiger partial charge in [0.05, 0.1) is 34.1 Å². The third kappa shape index (κ3) is 4.79. The predicted octanol–water partition coefficient (Wildman–Crippen LogP) is 5.13. The van der Waals surface area contributed by atoms with Crippen molar-refractivity contribution in [2.45, 2.75) is 84.2 Å². The summed E-state index contributed by atoms with van der Waals surface area (Å²) < 4.78 is 9.68. The van der Waals surface area contributed by atoms with E-state index in [9.17, 15) is 4.79 Å². The monoisotopic (exact) mass is 543 g/mol. The highest BCUT2D eigenvalue weighted by molar-refractivity contribution is 5.88. The maximum absolute atomic E-state index is 13.2. The molecule has 212 valence electrons. The number of piperazine rings is 1. The fourth-order valence-electron chi connectivity index (χ4n) is 6.54. The Kier molecular flexibility index (Phi) is 7.35. The van der Waals surface area contributed by atoms with Gasteiger partial charge in [0.15, 0.2) is 0 Å². The average molecular weight is 544 g/mol. The van der Waals surface area contributed by atoms with E-state index < -0.39 is 0 Å². The van der Waals surface area contributed by atoms with Crippen molar-refractivity contribution in [3.63, 3.8) is 0 Å². The number of aryl methyl sites for hydroxylation is 2. The second-order valence-electron chi connectivity index (χ2n) is 11.5. The van der Waals surface area contributed by atoms with Crippen LogP contribution >= 0.6 is 0 Å². The molecule has 4 atom stereocenters. The smallest absolute Gasteiger partial charge is 0.252 e. The van der Waals surface area contributed by atoms with Gasteiger partial charge in [-0.15, -0.1) is 0 Å². The zero-order chi connectivity index (χ0) is 28.0. The number of hydrogen-bond donors (Lipinski definition) is 0. The van der Waals surface area contributed by atoms with Gasteiger partial charge >= 0.3 is 0 Å². The highest BCUT2D eigenvalue weighted by atomic mass is 16.5. The number of pyridine rings is 1. The molecule has 5 heterocycles. The van der Waals surface area contributed by atoms with Crippen molar-refractivity contribution in [1.29, 1.82) is 0 Å². The van der Waals surface area contributed by atoms with Gasteiger partial charge in [0, 0.05) is 57.1 Å². The van der Waals surface area contributed by atoms with Crippen molar-refractivity contribution in [3.8, 4) is 0 Å². The number of benzene rings is 1. The molecule has 4 aromatic rings. The average Bonchev–Trinajstić information content (AvgIpc) is 3.44. The van der Waals surface area contributed by atoms with Gasteiger partial charge in [-0.1, -0.05) is 19.9 Å². The fraction of sp³-hybridized carbons (Fsp3) is 0.548. The van der Waals surface area contributed by atoms with Crippen LogP contribution in [0.5, 0.6) is 0 Å². The molecule has 0 aliphatic carbocycles. The van der Waals surface area contributed by atoms with Crippen LogP contribution in [-0.2, 0) is 11.8 Å². The summed E-state index contributed by atoms with van der Waals surface area (Å²) in [5.74, 6) is 0. The van der Waals surface area contributed by atoms with Gasteiger partial charge < -0.3 is 14.2 Å². The van der Waals surface area contributed by atoms with Crippen LogP contribution in [0.25, 0.3) is 22.1 Å². The van der Waals surface area contributed by atoms with Crippen LogP contribution in [0.4, 0.5) is 5.69 Å². The van der Waals surface area contributed by atoms with Crippen molar-refractivity contribution in [3.05, 3.63) is 58.3 Å². The molecule has 40 heavy (non-hydrogen) atoms. The van der Waals surface area contributed by atoms with E-state index in [4.69, 9.17) is 14.8 Å². The zero-order valence-corrected chi connectivity index (χ0v) is 24.4. The summed E-state index contributed by atoms with van der Waals surface area (Å²) in [5.41, 5.74) is 6.76. The first kappa shape index (κ1) is 26.9. The normalized spacial score (nSPS) is 23.2. The van der Waals surface area contributed by atoms with Crippen LogP contribution in [0.1, 0.15) is 76.4 Å². The third-order valence-electron chi connectivity index (χ3n) is 9.02. The van der Waals surface area contributed by atoms with Gasteiger partial charge in [0.25, 0.3) is 5.56 Å². The Morgan fingerprint density at radius 1 is 1.07 bits per heavy atom. The molecule has 9 heteroatoms. The number of ether oxygens (including phenoxy) is 1. The first-order valence-electron chi connectivity index (χ1n) is 14.8. The molecule has 2 saturated heterocycles. The number of anilines is 1. The molecule has 9 nitrogen and oxygen atoms in total. The van der Waals surface area contributed by atoms with Gasteiger partial charge in [-0.05, 0) is 63.6 Å². The van der Waals surface area contributed by atoms with E-state index in [0.29, 0.717) is 6.04 Å². The lowest BCUT2D eigenvalue weighted by Gasteiger charge is -2.49. The van der Waals surface area contributed by atoms with Gasteiger partial charge in [0.2, 0.25) is 0 Å². The lowest BCUT2D eigenvalue weighted by Crippen LogP contribution is -2.58. The molecule has 2 fully saturated rings. The summed E-state index contributed by atoms with van der Waals surface area (Å²) in [6.45, 7) is 11.3. The third-order valence-corrected chi connectivity index (χ3v) is 9.02. The summed E-state index contributed by atoms with van der Waals surface area (Å²) >= 11 is 0. The lowest BCUT2D eigenvalue weighted by molar-refractivity contribution is -0.0390. The number of fused-ring (bicyclic) bond motifs is 2. The van der Waals surface area contributed by atoms with Crippen LogP contribution in [-0.4, -0.2) is 61.0 Å². The largest absolute Gasteiger partial charge is 0.364 e. The molecule has 0 saturated carbocycles. The van der Waals surface area contributed by atoms with Crippen molar-refractivity contribution >= 4 is 27.8 Å². The molecule has 0 N–H and O–H groups in total. The molecule has 0 radical (unpaired) electrons. The standard InChI is InChI=1S/C31H41N7O2/c1-6-23-18-37(27-15-29(39)35(5)28-19-38(34-31(27)28)30-10-8-9-13-40-30)24(7-2)17-36(23)21(4)22-11-12-25-26(14-22)33-20(3)16-32-25/h11-12,14-16,19,21,23-24,30H,6-10,13,17-18H2,1-5H3/t21?,23-,24+,30?/m1/s1. The van der Waals surface area contributed by atoms with Crippen LogP contribution < -0.4 is 10.5 Å². The summed E-state index contributed by atoms with van der Waals surface area (Å²) in [5, 5.41) is 5.03. The molecule has 1 aromatic carbocycles. The van der Waals surface area contributed by atoms with Gasteiger partial charge in [-0.3, -0.25) is 14.7 Å². The van der Waals surface area contributed by atoms with Crippen molar-refractivity contribution in [2.75, 3.05) is 24.6 Å². The fourth-order valence-corrected chi connectivity index (χ4v) is 6.54. The molecule has 0 amide bonds. The molecule has 0 spiro atoms. The van der Waals surface area contributed by atoms with Gasteiger partial charge in [-0.2, -0.15) is 5.10 Å². The Balaban J connectivity index is 1.34. The molecule has 6 rings (SSSR count). The lowest BCUT2D eigenvalue weighted by atomic mass is 9.96. The second-order valence-corrected chi connectivity index (χ2v) is 11.5. The molecular formula is C31H41N7O2. The quantitative estimate of drug-likeness (QED) is 0.334. The van der Waals surface area contributed by atoms with Crippen LogP contribution in [0.3, 0.4) is 0 Å². The molecular weight excluding hydrogens is 502 g/mol. The number of hydrogen-bond acceptors (Lipinski definition) is 7. The van der Waals surface area contributed by atoms with Crippen molar-refractivity contribution in [2.24, 2.45) is 7.05 Å². The number of nitrogens with zero attached hydrogens (tertiary/aromatic N) is 7. The maximum atomic E-state index is 13.2. The van der Waals surface area contributed by atoms with E-state index in [1.165, 1.54) is 5.56 Å². The summed E-state index contributed by atoms with van der Waals surface area (Å²) in [6, 6.07) is 9.11. The molecule has 2 aliphatic heterocycles. The molecule has 2 unspecified atom stereocenters. The Bertz CT molecular complexity index is 1570. The minimum Gasteiger partial charge on any atom is -0.364 e. The first-order chi connectivity index (χ1) is 19.4. The summed E-state index contributed by atoms with van der Waals surface area (Å²) in [6.07, 6.45) is 8.91. The van der Waals surface area contributed by atoms with Gasteiger partial charge in [-0.25, -0.2) is 9.67 Å². The Labute approximate surface area is 235 Å². The molecule has 2 aliphatic rings. The topological polar surface area (TPSA) is 81.3 Å². The highest BCUT2D eigenvalue weighted by Gasteiger charge is 2.36. The van der Waals surface area contributed by atoms with E-state index in [1.807, 2.05) is 31.0 Å². The van der Waals surface area contributed by atoms with E-state index in [0.717, 1.165) is 85.2 Å². The Morgan fingerprint density at radius 3 is 2.65 bits per heavy atom. The van der Waals surface area contributed by atoms with Gasteiger partial charge in [0.1, 0.15) is 11.7 Å². The SMILES string of the molecule is CC[C@H]1CN(C(C)c2ccc3ncc(C)nc3c2)[C@H](CC)CN1c1cc(=O)n(C)c2cn(C3CCCCO3)nc12. The number of rotatable bonds is 6. The zero-order valence-electron chi connectivity index (χ0n) is 24.4. The van der Waals surface area contributed by atoms with Crippen LogP contribution in [0.15, 0.2) is 41.5 Å². The predicted molar refractivity (Wildman–Crippen MR) is 159 cm³/mol. The van der Waals surface area contributed by atoms with E-state index in [1.54, 1.807) is 10.6 Å². The van der Waals surface area contributed by atoms with Crippen LogP contribution in [0.2, 0.25) is 0 Å². The maximum Gasteiger partial charge on any atom is 0.252 e. The van der Waals surface area contributed by atoms with Crippen molar-refractivity contribution < 1.29 is 4.74 Å². The summed E-state index contributed by atoms with van der Waals surface area (Å²) in [4.78, 5) is 27.5. The van der Waals surface area contributed by atoms with E-state index >= 15 is 0 Å². The van der Waals surface area contributed by atoms with Crippen molar-refractivity contribution in [1.82, 2.24) is 29.2 Å². The number of aromatic nitrogens is 5. The minimum atomic E-state index is -0.0670. The minimum absolute atomic E-state index is 0.00196. The molecule has 0 bridgehead atoms. The summed E-state index contributed by atoms with van der Waals surface area (Å²) in [7, 11) is 1.84. The first-order valence-corrected chi connectivity index (χ1v) is 14.8. The van der Waals surface area contributed by atoms with E-state index in [-0.39, 0.29) is 23.9 Å². The van der Waals surface area contributed by atoms with E-state index in [2.05, 4.69) is 53.8 Å². The van der Waals surface area contributed by atoms with Crippen LogP contribution in [0, 0.1) is 6.92 Å². The molecule has 3 aromatic heterocycles.